The van der Waals surface area contributed by atoms with Crippen molar-refractivity contribution in [2.75, 3.05) is 24.6 Å². The van der Waals surface area contributed by atoms with Crippen molar-refractivity contribution >= 4 is 27.0 Å². The van der Waals surface area contributed by atoms with Gasteiger partial charge < -0.3 is 10.4 Å². The summed E-state index contributed by atoms with van der Waals surface area (Å²) in [5.41, 5.74) is -3.33. The summed E-state index contributed by atoms with van der Waals surface area (Å²) in [5, 5.41) is 11.9. The summed E-state index contributed by atoms with van der Waals surface area (Å²) in [4.78, 5) is 20.9. The van der Waals surface area contributed by atoms with Gasteiger partial charge in [-0.1, -0.05) is 0 Å². The first-order valence-electron chi connectivity index (χ1n) is 14.3. The average Bonchev–Trinajstić information content (AvgIpc) is 2.82. The molecule has 182 valence electrons. The number of aromatic nitrogens is 3. The Morgan fingerprint density at radius 3 is 2.79 bits per heavy atom. The van der Waals surface area contributed by atoms with E-state index in [0.29, 0.717) is 10.6 Å². The number of halogens is 3. The molecule has 0 spiro atoms. The summed E-state index contributed by atoms with van der Waals surface area (Å²) < 4.78 is 139. The van der Waals surface area contributed by atoms with Crippen LogP contribution in [0.2, 0.25) is 0 Å². The number of hydrogen-bond acceptors (Lipinski definition) is 7. The maximum atomic E-state index is 15.0. The lowest BCUT2D eigenvalue weighted by atomic mass is 9.90. The van der Waals surface area contributed by atoms with Crippen LogP contribution in [-0.4, -0.2) is 69.9 Å². The second-order valence-electron chi connectivity index (χ2n) is 7.64. The summed E-state index contributed by atoms with van der Waals surface area (Å²) >= 11 is 0. The van der Waals surface area contributed by atoms with Crippen LogP contribution >= 0.6 is 0 Å². The number of fused-ring (bicyclic) bond motifs is 1. The molecule has 2 N–H and O–H groups in total. The van der Waals surface area contributed by atoms with Crippen molar-refractivity contribution in [2.45, 2.75) is 62.7 Å². The van der Waals surface area contributed by atoms with Gasteiger partial charge in [-0.15, -0.1) is 0 Å². The normalized spacial score (nSPS) is 34.3. The topological polar surface area (TPSA) is 117 Å². The first-order valence-corrected chi connectivity index (χ1v) is 11.3. The van der Waals surface area contributed by atoms with E-state index in [2.05, 4.69) is 15.3 Å². The molecule has 0 amide bonds. The Balaban J connectivity index is 1.84. The van der Waals surface area contributed by atoms with Crippen molar-refractivity contribution < 1.29 is 39.0 Å². The number of nitrogens with one attached hydrogen (secondary N) is 1. The van der Waals surface area contributed by atoms with Gasteiger partial charge in [0.1, 0.15) is 13.2 Å². The summed E-state index contributed by atoms with van der Waals surface area (Å²) in [6.45, 7) is -2.51. The number of anilines is 1. The van der Waals surface area contributed by atoms with E-state index in [9.17, 15) is 27.1 Å². The minimum atomic E-state index is -5.20. The van der Waals surface area contributed by atoms with E-state index in [4.69, 9.17) is 12.3 Å². The molecule has 4 rings (SSSR count). The van der Waals surface area contributed by atoms with Gasteiger partial charge in [-0.05, 0) is 38.1 Å². The fourth-order valence-corrected chi connectivity index (χ4v) is 4.27. The molecule has 0 bridgehead atoms. The first kappa shape index (κ1) is 14.9. The third-order valence-corrected chi connectivity index (χ3v) is 6.39. The van der Waals surface area contributed by atoms with Crippen LogP contribution in [-0.2, 0) is 10.0 Å². The molecule has 2 aromatic rings. The predicted octanol–water partition coefficient (Wildman–Crippen LogP) is 1.99. The zero-order chi connectivity index (χ0) is 31.8. The van der Waals surface area contributed by atoms with Crippen LogP contribution in [0.1, 0.15) is 62.4 Å². The minimum Gasteiger partial charge on any atom is -0.393 e. The van der Waals surface area contributed by atoms with E-state index >= 15 is 4.39 Å². The predicted molar refractivity (Wildman–Crippen MR) is 116 cm³/mol. The molecule has 0 unspecified atom stereocenters. The van der Waals surface area contributed by atoms with Gasteiger partial charge in [-0.3, -0.25) is 9.36 Å². The maximum Gasteiger partial charge on any atom is 0.269 e. The van der Waals surface area contributed by atoms with Crippen molar-refractivity contribution in [3.63, 3.8) is 0 Å². The van der Waals surface area contributed by atoms with E-state index in [0.717, 1.165) is 6.20 Å². The van der Waals surface area contributed by atoms with Crippen molar-refractivity contribution in [1.82, 2.24) is 18.8 Å². The maximum absolute atomic E-state index is 15.0. The van der Waals surface area contributed by atoms with Crippen LogP contribution in [0.5, 0.6) is 0 Å². The molecule has 0 aromatic carbocycles. The van der Waals surface area contributed by atoms with E-state index < -0.39 is 95.5 Å². The molecule has 2 aromatic heterocycles. The Kier molecular flexibility index (Phi) is 4.14. The first-order chi connectivity index (χ1) is 18.9. The fraction of sp³-hybridized carbons (Fsp3) is 0.650. The number of sulfonamides is 1. The Morgan fingerprint density at radius 2 is 2.12 bits per heavy atom. The fourth-order valence-electron chi connectivity index (χ4n) is 3.80. The number of pyridine rings is 1. The van der Waals surface area contributed by atoms with Crippen LogP contribution in [0.3, 0.4) is 0 Å². The highest BCUT2D eigenvalue weighted by Crippen LogP contribution is 2.33. The molecule has 1 aliphatic carbocycles. The molecule has 33 heavy (non-hydrogen) atoms. The molecule has 9 nitrogen and oxygen atoms in total. The molecule has 3 heterocycles. The Bertz CT molecular complexity index is 1540. The summed E-state index contributed by atoms with van der Waals surface area (Å²) in [6.07, 6.45) is -17.0. The smallest absolute Gasteiger partial charge is 0.269 e. The van der Waals surface area contributed by atoms with Crippen LogP contribution in [0.15, 0.2) is 17.1 Å². The third kappa shape index (κ3) is 4.99. The second kappa shape index (κ2) is 9.18. The number of rotatable bonds is 5. The standard InChI is InChI=1S/C20H26F3N5O4S/c1-33(31,32)27-6-4-12(5-7-27)25-20-24-10-11-8-14(17(22)23)19(30)28(18(11)26-20)16-9-13(29)2-3-15(16)21/h8,10,12-13,15-17,29H,2-7,9H2,1H3,(H,24,25,26)/t13-,15+,16+/m1/s1/i1D3,4D2,5D2,12D,17D. The molecule has 2 fully saturated rings. The molecule has 1 saturated carbocycles. The van der Waals surface area contributed by atoms with Crippen LogP contribution in [0, 0.1) is 0 Å². The second-order valence-corrected chi connectivity index (χ2v) is 9.11. The number of nitrogens with zero attached hydrogens (tertiary/aromatic N) is 4. The molecule has 2 aliphatic rings. The lowest BCUT2D eigenvalue weighted by Crippen LogP contribution is -2.42. The lowest BCUT2D eigenvalue weighted by molar-refractivity contribution is 0.0549. The van der Waals surface area contributed by atoms with Gasteiger partial charge in [0.2, 0.25) is 16.0 Å². The lowest BCUT2D eigenvalue weighted by Gasteiger charge is -2.32. The van der Waals surface area contributed by atoms with Gasteiger partial charge in [0.25, 0.3) is 12.0 Å². The van der Waals surface area contributed by atoms with Gasteiger partial charge in [0.05, 0.1) is 25.3 Å². The Morgan fingerprint density at radius 1 is 1.39 bits per heavy atom. The van der Waals surface area contributed by atoms with E-state index in [1.807, 2.05) is 0 Å². The number of alkyl halides is 3. The zero-order valence-electron chi connectivity index (χ0n) is 25.9. The van der Waals surface area contributed by atoms with Gasteiger partial charge >= 0.3 is 0 Å². The zero-order valence-corrected chi connectivity index (χ0v) is 17.7. The minimum absolute atomic E-state index is 0.0283. The third-order valence-electron chi connectivity index (χ3n) is 5.46. The molecule has 1 saturated heterocycles. The highest BCUT2D eigenvalue weighted by Gasteiger charge is 2.34. The molecular weight excluding hydrogens is 463 g/mol. The number of aliphatic hydroxyl groups excluding tert-OH is 1. The highest BCUT2D eigenvalue weighted by molar-refractivity contribution is 7.88. The molecule has 13 heteroatoms. The van der Waals surface area contributed by atoms with Crippen molar-refractivity contribution in [3.8, 4) is 0 Å². The van der Waals surface area contributed by atoms with Crippen molar-refractivity contribution in [1.29, 1.82) is 0 Å². The van der Waals surface area contributed by atoms with Gasteiger partial charge in [0, 0.05) is 40.3 Å². The van der Waals surface area contributed by atoms with E-state index in [1.165, 1.54) is 0 Å². The van der Waals surface area contributed by atoms with Gasteiger partial charge in [0.15, 0.2) is 0 Å². The van der Waals surface area contributed by atoms with Crippen molar-refractivity contribution in [3.05, 3.63) is 28.2 Å². The van der Waals surface area contributed by atoms with Crippen LogP contribution < -0.4 is 10.9 Å². The Hall–Kier alpha value is -2.25. The van der Waals surface area contributed by atoms with Gasteiger partial charge in [-0.25, -0.2) is 30.9 Å². The van der Waals surface area contributed by atoms with Crippen LogP contribution in [0.25, 0.3) is 11.0 Å². The summed E-state index contributed by atoms with van der Waals surface area (Å²) in [7, 11) is -5.20. The largest absolute Gasteiger partial charge is 0.393 e. The average molecular weight is 499 g/mol. The number of piperidine rings is 1. The Labute approximate surface area is 201 Å². The quantitative estimate of drug-likeness (QED) is 0.647. The highest BCUT2D eigenvalue weighted by atomic mass is 32.2. The van der Waals surface area contributed by atoms with Crippen LogP contribution in [0.4, 0.5) is 19.1 Å². The van der Waals surface area contributed by atoms with Crippen molar-refractivity contribution in [2.24, 2.45) is 0 Å². The van der Waals surface area contributed by atoms with E-state index in [-0.39, 0.29) is 29.0 Å². The number of aliphatic hydroxyl groups is 1. The summed E-state index contributed by atoms with van der Waals surface area (Å²) in [6, 6.07) is -3.99. The molecule has 3 atom stereocenters. The molecular formula is C20H26F3N5O4S. The molecule has 1 aliphatic heterocycles. The summed E-state index contributed by atoms with van der Waals surface area (Å²) in [5.74, 6) is -0.734. The monoisotopic (exact) mass is 498 g/mol. The van der Waals surface area contributed by atoms with Gasteiger partial charge in [-0.2, -0.15) is 4.98 Å². The SMILES string of the molecule is [2H]C(F)(F)c1cc2cnc(NC3([2H])C([2H])([2H])CN(S(=O)(=O)C([2H])([2H])[2H])CC3([2H])[2H])nc2n([C@H]2C[C@H](O)CC[C@@H]2F)c1=O. The number of hydrogen-bond donors (Lipinski definition) is 2. The molecule has 0 radical (unpaired) electrons. The van der Waals surface area contributed by atoms with E-state index in [1.54, 1.807) is 0 Å².